The van der Waals surface area contributed by atoms with E-state index in [-0.39, 0.29) is 24.4 Å². The van der Waals surface area contributed by atoms with Crippen LogP contribution in [0.1, 0.15) is 36.0 Å². The van der Waals surface area contributed by atoms with E-state index in [4.69, 9.17) is 5.73 Å². The fourth-order valence-corrected chi connectivity index (χ4v) is 3.15. The van der Waals surface area contributed by atoms with Crippen LogP contribution in [0.4, 0.5) is 4.39 Å². The zero-order valence-electron chi connectivity index (χ0n) is 13.1. The normalized spacial score (nSPS) is 17.4. The van der Waals surface area contributed by atoms with Crippen LogP contribution >= 0.6 is 15.9 Å². The minimum Gasteiger partial charge on any atom is -0.368 e. The highest BCUT2D eigenvalue weighted by Crippen LogP contribution is 2.19. The topological polar surface area (TPSA) is 92.5 Å². The molecule has 1 aromatic rings. The number of likely N-dealkylation sites (tertiary alicyclic amines) is 1. The number of rotatable bonds is 5. The van der Waals surface area contributed by atoms with Crippen molar-refractivity contribution in [3.05, 3.63) is 34.1 Å². The number of piperidine rings is 1. The maximum absolute atomic E-state index is 13.2. The molecular formula is C16H19BrFN3O3. The van der Waals surface area contributed by atoms with Gasteiger partial charge in [-0.1, -0.05) is 0 Å². The van der Waals surface area contributed by atoms with Gasteiger partial charge in [0.2, 0.25) is 11.8 Å². The van der Waals surface area contributed by atoms with Gasteiger partial charge < -0.3 is 16.0 Å². The van der Waals surface area contributed by atoms with Crippen LogP contribution in [0, 0.1) is 5.82 Å². The molecule has 0 saturated carbocycles. The molecule has 1 aliphatic rings. The first-order chi connectivity index (χ1) is 11.4. The molecule has 130 valence electrons. The fourth-order valence-electron chi connectivity index (χ4n) is 2.72. The van der Waals surface area contributed by atoms with Gasteiger partial charge in [0.25, 0.3) is 5.91 Å². The lowest BCUT2D eigenvalue weighted by atomic mass is 10.0. The van der Waals surface area contributed by atoms with Gasteiger partial charge in [0.05, 0.1) is 5.56 Å². The number of nitrogens with one attached hydrogen (secondary N) is 1. The van der Waals surface area contributed by atoms with Crippen molar-refractivity contribution in [2.45, 2.75) is 31.7 Å². The first kappa shape index (κ1) is 18.4. The molecule has 0 radical (unpaired) electrons. The van der Waals surface area contributed by atoms with Crippen LogP contribution in [0.15, 0.2) is 22.7 Å². The average Bonchev–Trinajstić information content (AvgIpc) is 2.56. The van der Waals surface area contributed by atoms with Crippen molar-refractivity contribution in [3.63, 3.8) is 0 Å². The molecule has 0 bridgehead atoms. The predicted octanol–water partition coefficient (Wildman–Crippen LogP) is 1.57. The van der Waals surface area contributed by atoms with E-state index in [9.17, 15) is 18.8 Å². The SMILES string of the molecule is NC(=O)C1CCCCN1C(=O)CCNC(=O)c1cc(F)ccc1Br. The number of hydrogen-bond donors (Lipinski definition) is 2. The van der Waals surface area contributed by atoms with Crippen molar-refractivity contribution in [1.82, 2.24) is 10.2 Å². The van der Waals surface area contributed by atoms with Crippen LogP contribution in [0.3, 0.4) is 0 Å². The number of primary amides is 1. The summed E-state index contributed by atoms with van der Waals surface area (Å²) in [5, 5.41) is 2.58. The number of nitrogens with two attached hydrogens (primary N) is 1. The molecule has 1 aliphatic heterocycles. The fraction of sp³-hybridized carbons (Fsp3) is 0.438. The lowest BCUT2D eigenvalue weighted by Gasteiger charge is -2.33. The number of hydrogen-bond acceptors (Lipinski definition) is 3. The van der Waals surface area contributed by atoms with Crippen molar-refractivity contribution >= 4 is 33.7 Å². The molecule has 1 aromatic carbocycles. The number of amides is 3. The summed E-state index contributed by atoms with van der Waals surface area (Å²) in [5.41, 5.74) is 5.50. The van der Waals surface area contributed by atoms with Crippen molar-refractivity contribution < 1.29 is 18.8 Å². The van der Waals surface area contributed by atoms with Crippen LogP contribution in [-0.2, 0) is 9.59 Å². The molecule has 1 unspecified atom stereocenters. The van der Waals surface area contributed by atoms with Gasteiger partial charge in [0, 0.05) is 24.0 Å². The van der Waals surface area contributed by atoms with Gasteiger partial charge in [0.15, 0.2) is 0 Å². The van der Waals surface area contributed by atoms with Crippen molar-refractivity contribution in [2.75, 3.05) is 13.1 Å². The highest BCUT2D eigenvalue weighted by molar-refractivity contribution is 9.10. The Labute approximate surface area is 147 Å². The third-order valence-electron chi connectivity index (χ3n) is 3.95. The van der Waals surface area contributed by atoms with Crippen LogP contribution < -0.4 is 11.1 Å². The summed E-state index contributed by atoms with van der Waals surface area (Å²) in [7, 11) is 0. The summed E-state index contributed by atoms with van der Waals surface area (Å²) in [4.78, 5) is 37.2. The smallest absolute Gasteiger partial charge is 0.252 e. The van der Waals surface area contributed by atoms with E-state index in [0.717, 1.165) is 18.9 Å². The van der Waals surface area contributed by atoms with E-state index in [1.165, 1.54) is 17.0 Å². The minimum absolute atomic E-state index is 0.0580. The quantitative estimate of drug-likeness (QED) is 0.786. The maximum Gasteiger partial charge on any atom is 0.252 e. The molecule has 3 amide bonds. The highest BCUT2D eigenvalue weighted by Gasteiger charge is 2.30. The molecule has 0 aromatic heterocycles. The third kappa shape index (κ3) is 4.53. The van der Waals surface area contributed by atoms with Gasteiger partial charge in [-0.15, -0.1) is 0 Å². The second-order valence-electron chi connectivity index (χ2n) is 5.63. The Morgan fingerprint density at radius 3 is 2.79 bits per heavy atom. The van der Waals surface area contributed by atoms with Gasteiger partial charge in [-0.3, -0.25) is 14.4 Å². The standard InChI is InChI=1S/C16H19BrFN3O3/c17-12-5-4-10(18)9-11(12)16(24)20-7-6-14(22)21-8-2-1-3-13(21)15(19)23/h4-5,9,13H,1-3,6-8H2,(H2,19,23)(H,20,24). The van der Waals surface area contributed by atoms with E-state index in [0.29, 0.717) is 17.4 Å². The second kappa shape index (κ2) is 8.23. The molecule has 0 spiro atoms. The van der Waals surface area contributed by atoms with Crippen LogP contribution in [0.25, 0.3) is 0 Å². The van der Waals surface area contributed by atoms with Crippen molar-refractivity contribution in [3.8, 4) is 0 Å². The lowest BCUT2D eigenvalue weighted by molar-refractivity contribution is -0.140. The Balaban J connectivity index is 1.89. The number of carbonyl (C=O) groups is 3. The summed E-state index contributed by atoms with van der Waals surface area (Å²) < 4.78 is 13.7. The van der Waals surface area contributed by atoms with E-state index in [1.807, 2.05) is 0 Å². The zero-order chi connectivity index (χ0) is 17.7. The number of halogens is 2. The van der Waals surface area contributed by atoms with Crippen molar-refractivity contribution in [2.24, 2.45) is 5.73 Å². The first-order valence-electron chi connectivity index (χ1n) is 7.72. The van der Waals surface area contributed by atoms with Gasteiger partial charge >= 0.3 is 0 Å². The number of nitrogens with zero attached hydrogens (tertiary/aromatic N) is 1. The summed E-state index contributed by atoms with van der Waals surface area (Å²) in [6.07, 6.45) is 2.33. The Kier molecular flexibility index (Phi) is 6.30. The van der Waals surface area contributed by atoms with Gasteiger partial charge in [-0.2, -0.15) is 0 Å². The molecule has 8 heteroatoms. The third-order valence-corrected chi connectivity index (χ3v) is 4.64. The van der Waals surface area contributed by atoms with Gasteiger partial charge in [0.1, 0.15) is 11.9 Å². The van der Waals surface area contributed by atoms with E-state index in [2.05, 4.69) is 21.2 Å². The molecule has 0 aliphatic carbocycles. The first-order valence-corrected chi connectivity index (χ1v) is 8.51. The second-order valence-corrected chi connectivity index (χ2v) is 6.49. The average molecular weight is 400 g/mol. The van der Waals surface area contributed by atoms with E-state index in [1.54, 1.807) is 0 Å². The maximum atomic E-state index is 13.2. The molecule has 6 nitrogen and oxygen atoms in total. The van der Waals surface area contributed by atoms with Gasteiger partial charge in [-0.25, -0.2) is 4.39 Å². The Morgan fingerprint density at radius 2 is 2.08 bits per heavy atom. The molecule has 2 rings (SSSR count). The summed E-state index contributed by atoms with van der Waals surface area (Å²) >= 11 is 3.18. The molecule has 24 heavy (non-hydrogen) atoms. The zero-order valence-corrected chi connectivity index (χ0v) is 14.6. The molecule has 3 N–H and O–H groups in total. The summed E-state index contributed by atoms with van der Waals surface area (Å²) in [6, 6.07) is 3.24. The van der Waals surface area contributed by atoms with E-state index >= 15 is 0 Å². The molecule has 1 atom stereocenters. The largest absolute Gasteiger partial charge is 0.368 e. The minimum atomic E-state index is -0.570. The van der Waals surface area contributed by atoms with Gasteiger partial charge in [-0.05, 0) is 53.4 Å². The Hall–Kier alpha value is -1.96. The van der Waals surface area contributed by atoms with Crippen LogP contribution in [0.2, 0.25) is 0 Å². The molecule has 1 heterocycles. The monoisotopic (exact) mass is 399 g/mol. The number of benzene rings is 1. The van der Waals surface area contributed by atoms with Crippen molar-refractivity contribution in [1.29, 1.82) is 0 Å². The summed E-state index contributed by atoms with van der Waals surface area (Å²) in [6.45, 7) is 0.596. The van der Waals surface area contributed by atoms with E-state index < -0.39 is 23.7 Å². The summed E-state index contributed by atoms with van der Waals surface area (Å²) in [5.74, 6) is -1.72. The molecular weight excluding hydrogens is 381 g/mol. The van der Waals surface area contributed by atoms with Crippen LogP contribution in [-0.4, -0.2) is 41.8 Å². The van der Waals surface area contributed by atoms with Crippen LogP contribution in [0.5, 0.6) is 0 Å². The predicted molar refractivity (Wildman–Crippen MR) is 89.6 cm³/mol. The Bertz CT molecular complexity index is 653. The molecule has 1 fully saturated rings. The lowest BCUT2D eigenvalue weighted by Crippen LogP contribution is -2.51. The molecule has 1 saturated heterocycles. The highest BCUT2D eigenvalue weighted by atomic mass is 79.9. The Morgan fingerprint density at radius 1 is 1.33 bits per heavy atom. The number of carbonyl (C=O) groups excluding carboxylic acids is 3.